The second kappa shape index (κ2) is 7.73. The monoisotopic (exact) mass is 318 g/mol. The van der Waals surface area contributed by atoms with Gasteiger partial charge in [0, 0.05) is 18.7 Å². The molecule has 124 valence electrons. The summed E-state index contributed by atoms with van der Waals surface area (Å²) < 4.78 is 10.4. The maximum Gasteiger partial charge on any atom is 0.238 e. The van der Waals surface area contributed by atoms with E-state index in [9.17, 15) is 4.79 Å². The average Bonchev–Trinajstić information content (AvgIpc) is 2.92. The number of hydrogen-bond acceptors (Lipinski definition) is 6. The Kier molecular flexibility index (Phi) is 5.70. The standard InChI is InChI=1S/C16H22N4O3/c1-11(2)20(4)9-16(21)18-13-5-7-14(8-6-13)22-10-15-17-12(3)23-19-15/h5-8,11H,9-10H2,1-4H3,(H,18,21). The Labute approximate surface area is 135 Å². The van der Waals surface area contributed by atoms with Crippen molar-refractivity contribution in [3.05, 3.63) is 36.0 Å². The minimum absolute atomic E-state index is 0.0443. The molecular formula is C16H22N4O3. The fourth-order valence-electron chi connectivity index (χ4n) is 1.79. The zero-order valence-corrected chi connectivity index (χ0v) is 13.9. The molecule has 1 aromatic heterocycles. The van der Waals surface area contributed by atoms with Gasteiger partial charge in [-0.25, -0.2) is 0 Å². The molecule has 23 heavy (non-hydrogen) atoms. The number of aromatic nitrogens is 2. The molecule has 0 atom stereocenters. The van der Waals surface area contributed by atoms with Crippen molar-refractivity contribution in [1.82, 2.24) is 15.0 Å². The molecule has 1 aromatic carbocycles. The number of carbonyl (C=O) groups is 1. The second-order valence-corrected chi connectivity index (χ2v) is 5.60. The molecule has 0 saturated carbocycles. The normalized spacial score (nSPS) is 11.0. The molecule has 1 heterocycles. The summed E-state index contributed by atoms with van der Waals surface area (Å²) in [5.74, 6) is 1.63. The third-order valence-corrected chi connectivity index (χ3v) is 3.35. The maximum atomic E-state index is 11.9. The number of nitrogens with zero attached hydrogens (tertiary/aromatic N) is 3. The molecule has 0 saturated heterocycles. The molecule has 7 heteroatoms. The molecule has 0 fully saturated rings. The molecule has 2 rings (SSSR count). The number of anilines is 1. The van der Waals surface area contributed by atoms with Crippen LogP contribution in [0.5, 0.6) is 5.75 Å². The highest BCUT2D eigenvalue weighted by molar-refractivity contribution is 5.92. The topological polar surface area (TPSA) is 80.5 Å². The number of carbonyl (C=O) groups excluding carboxylic acids is 1. The number of aryl methyl sites for hydroxylation is 1. The third kappa shape index (κ3) is 5.37. The highest BCUT2D eigenvalue weighted by Gasteiger charge is 2.09. The van der Waals surface area contributed by atoms with E-state index in [1.807, 2.05) is 25.8 Å². The van der Waals surface area contributed by atoms with E-state index in [1.54, 1.807) is 31.2 Å². The molecular weight excluding hydrogens is 296 g/mol. The van der Waals surface area contributed by atoms with Crippen LogP contribution < -0.4 is 10.1 Å². The number of likely N-dealkylation sites (N-methyl/N-ethyl adjacent to an activating group) is 1. The number of ether oxygens (including phenoxy) is 1. The van der Waals surface area contributed by atoms with E-state index < -0.39 is 0 Å². The molecule has 0 radical (unpaired) electrons. The van der Waals surface area contributed by atoms with E-state index in [-0.39, 0.29) is 12.5 Å². The van der Waals surface area contributed by atoms with Crippen molar-refractivity contribution in [2.45, 2.75) is 33.4 Å². The first-order valence-corrected chi connectivity index (χ1v) is 7.46. The summed E-state index contributed by atoms with van der Waals surface area (Å²) in [4.78, 5) is 17.9. The van der Waals surface area contributed by atoms with Crippen molar-refractivity contribution in [1.29, 1.82) is 0 Å². The first kappa shape index (κ1) is 17.0. The Bertz CT molecular complexity index is 637. The van der Waals surface area contributed by atoms with E-state index >= 15 is 0 Å². The number of benzene rings is 1. The average molecular weight is 318 g/mol. The van der Waals surface area contributed by atoms with Gasteiger partial charge in [-0.2, -0.15) is 4.98 Å². The lowest BCUT2D eigenvalue weighted by Gasteiger charge is -2.20. The van der Waals surface area contributed by atoms with Crippen LogP contribution in [0.1, 0.15) is 25.6 Å². The van der Waals surface area contributed by atoms with Crippen LogP contribution in [-0.2, 0) is 11.4 Å². The first-order valence-electron chi connectivity index (χ1n) is 7.46. The number of amides is 1. The molecule has 0 aliphatic carbocycles. The van der Waals surface area contributed by atoms with Crippen LogP contribution in [0, 0.1) is 6.92 Å². The fraction of sp³-hybridized carbons (Fsp3) is 0.438. The van der Waals surface area contributed by atoms with E-state index in [0.717, 1.165) is 5.69 Å². The number of nitrogens with one attached hydrogen (secondary N) is 1. The Morgan fingerprint density at radius 3 is 2.61 bits per heavy atom. The molecule has 0 aliphatic rings. The van der Waals surface area contributed by atoms with Crippen LogP contribution >= 0.6 is 0 Å². The summed E-state index contributed by atoms with van der Waals surface area (Å²) in [6.45, 7) is 6.41. The summed E-state index contributed by atoms with van der Waals surface area (Å²) in [6.07, 6.45) is 0. The minimum Gasteiger partial charge on any atom is -0.485 e. The van der Waals surface area contributed by atoms with E-state index in [1.165, 1.54) is 0 Å². The molecule has 0 bridgehead atoms. The summed E-state index contributed by atoms with van der Waals surface area (Å²) >= 11 is 0. The highest BCUT2D eigenvalue weighted by Crippen LogP contribution is 2.16. The van der Waals surface area contributed by atoms with Gasteiger partial charge < -0.3 is 14.6 Å². The van der Waals surface area contributed by atoms with Gasteiger partial charge in [0.1, 0.15) is 5.75 Å². The van der Waals surface area contributed by atoms with Gasteiger partial charge in [-0.15, -0.1) is 0 Å². The fourth-order valence-corrected chi connectivity index (χ4v) is 1.79. The van der Waals surface area contributed by atoms with Gasteiger partial charge in [0.2, 0.25) is 17.6 Å². The van der Waals surface area contributed by atoms with Crippen molar-refractivity contribution >= 4 is 11.6 Å². The lowest BCUT2D eigenvalue weighted by atomic mass is 10.3. The number of hydrogen-bond donors (Lipinski definition) is 1. The maximum absolute atomic E-state index is 11.9. The Morgan fingerprint density at radius 1 is 1.35 bits per heavy atom. The predicted octanol–water partition coefficient (Wildman–Crippen LogP) is 2.24. The summed E-state index contributed by atoms with van der Waals surface area (Å²) in [6, 6.07) is 7.49. The highest BCUT2D eigenvalue weighted by atomic mass is 16.5. The second-order valence-electron chi connectivity index (χ2n) is 5.60. The summed E-state index contributed by atoms with van der Waals surface area (Å²) in [5, 5.41) is 6.61. The Balaban J connectivity index is 1.83. The van der Waals surface area contributed by atoms with Crippen LogP contribution in [0.15, 0.2) is 28.8 Å². The summed E-state index contributed by atoms with van der Waals surface area (Å²) in [5.41, 5.74) is 0.731. The molecule has 0 unspecified atom stereocenters. The number of rotatable bonds is 7. The van der Waals surface area contributed by atoms with Crippen molar-refractivity contribution in [3.63, 3.8) is 0 Å². The Hall–Kier alpha value is -2.41. The molecule has 1 N–H and O–H groups in total. The van der Waals surface area contributed by atoms with Crippen molar-refractivity contribution in [3.8, 4) is 5.75 Å². The lowest BCUT2D eigenvalue weighted by Crippen LogP contribution is -2.34. The quantitative estimate of drug-likeness (QED) is 0.843. The lowest BCUT2D eigenvalue weighted by molar-refractivity contribution is -0.117. The van der Waals surface area contributed by atoms with Crippen LogP contribution in [-0.4, -0.2) is 40.6 Å². The molecule has 2 aromatic rings. The summed E-state index contributed by atoms with van der Waals surface area (Å²) in [7, 11) is 1.92. The van der Waals surface area contributed by atoms with Gasteiger partial charge in [-0.3, -0.25) is 9.69 Å². The van der Waals surface area contributed by atoms with Crippen LogP contribution in [0.2, 0.25) is 0 Å². The smallest absolute Gasteiger partial charge is 0.238 e. The molecule has 0 spiro atoms. The van der Waals surface area contributed by atoms with Gasteiger partial charge in [0.15, 0.2) is 6.61 Å². The molecule has 7 nitrogen and oxygen atoms in total. The molecule has 1 amide bonds. The minimum atomic E-state index is -0.0443. The van der Waals surface area contributed by atoms with E-state index in [4.69, 9.17) is 9.26 Å². The van der Waals surface area contributed by atoms with Crippen molar-refractivity contribution < 1.29 is 14.1 Å². The van der Waals surface area contributed by atoms with Crippen LogP contribution in [0.3, 0.4) is 0 Å². The first-order chi connectivity index (χ1) is 10.9. The van der Waals surface area contributed by atoms with E-state index in [0.29, 0.717) is 30.1 Å². The van der Waals surface area contributed by atoms with Crippen molar-refractivity contribution in [2.75, 3.05) is 18.9 Å². The predicted molar refractivity (Wildman–Crippen MR) is 86.2 cm³/mol. The third-order valence-electron chi connectivity index (χ3n) is 3.35. The van der Waals surface area contributed by atoms with Gasteiger partial charge in [-0.1, -0.05) is 5.16 Å². The van der Waals surface area contributed by atoms with Gasteiger partial charge in [-0.05, 0) is 45.2 Å². The van der Waals surface area contributed by atoms with Crippen LogP contribution in [0.4, 0.5) is 5.69 Å². The SMILES string of the molecule is Cc1nc(COc2ccc(NC(=O)CN(C)C(C)C)cc2)no1. The molecule has 0 aliphatic heterocycles. The zero-order chi connectivity index (χ0) is 16.8. The largest absolute Gasteiger partial charge is 0.485 e. The van der Waals surface area contributed by atoms with Crippen molar-refractivity contribution in [2.24, 2.45) is 0 Å². The van der Waals surface area contributed by atoms with Gasteiger partial charge >= 0.3 is 0 Å². The van der Waals surface area contributed by atoms with Crippen LogP contribution in [0.25, 0.3) is 0 Å². The van der Waals surface area contributed by atoms with E-state index in [2.05, 4.69) is 15.5 Å². The van der Waals surface area contributed by atoms with Gasteiger partial charge in [0.25, 0.3) is 0 Å². The van der Waals surface area contributed by atoms with Gasteiger partial charge in [0.05, 0.1) is 6.54 Å². The zero-order valence-electron chi connectivity index (χ0n) is 13.9. The Morgan fingerprint density at radius 2 is 2.04 bits per heavy atom.